The van der Waals surface area contributed by atoms with Crippen molar-refractivity contribution in [3.05, 3.63) is 33.8 Å². The van der Waals surface area contributed by atoms with Crippen LogP contribution in [0, 0.1) is 0 Å². The highest BCUT2D eigenvalue weighted by Gasteiger charge is 2.19. The Balaban J connectivity index is 2.08. The molecule has 0 aromatic heterocycles. The second-order valence-electron chi connectivity index (χ2n) is 4.11. The van der Waals surface area contributed by atoms with Gasteiger partial charge < -0.3 is 10.6 Å². The summed E-state index contributed by atoms with van der Waals surface area (Å²) in [5, 5.41) is 6.96. The van der Waals surface area contributed by atoms with E-state index in [-0.39, 0.29) is 11.9 Å². The summed E-state index contributed by atoms with van der Waals surface area (Å²) in [5.74, 6) is -0.200. The van der Waals surface area contributed by atoms with E-state index in [1.54, 1.807) is 18.2 Å². The Labute approximate surface area is 110 Å². The molecule has 1 atom stereocenters. The van der Waals surface area contributed by atoms with Gasteiger partial charge in [0, 0.05) is 12.6 Å². The molecule has 1 aliphatic rings. The Morgan fingerprint density at radius 3 is 2.65 bits per heavy atom. The van der Waals surface area contributed by atoms with Crippen LogP contribution >= 0.6 is 23.2 Å². The highest BCUT2D eigenvalue weighted by Crippen LogP contribution is 2.24. The van der Waals surface area contributed by atoms with Crippen LogP contribution in [-0.4, -0.2) is 25.0 Å². The summed E-state index contributed by atoms with van der Waals surface area (Å²) in [7, 11) is 0. The molecule has 1 aromatic carbocycles. The molecule has 2 rings (SSSR count). The molecular weight excluding hydrogens is 259 g/mol. The quantitative estimate of drug-likeness (QED) is 0.869. The van der Waals surface area contributed by atoms with Crippen LogP contribution in [-0.2, 0) is 0 Å². The van der Waals surface area contributed by atoms with Gasteiger partial charge in [0.25, 0.3) is 5.91 Å². The molecule has 17 heavy (non-hydrogen) atoms. The van der Waals surface area contributed by atoms with E-state index in [4.69, 9.17) is 23.2 Å². The predicted molar refractivity (Wildman–Crippen MR) is 69.8 cm³/mol. The SMILES string of the molecule is O=C(NC1CCCNC1)c1c(Cl)cccc1Cl. The van der Waals surface area contributed by atoms with Crippen LogP contribution in [0.4, 0.5) is 0 Å². The number of benzene rings is 1. The first-order valence-corrected chi connectivity index (χ1v) is 6.39. The third-order valence-corrected chi connectivity index (χ3v) is 3.45. The van der Waals surface area contributed by atoms with Gasteiger partial charge in [-0.25, -0.2) is 0 Å². The van der Waals surface area contributed by atoms with E-state index < -0.39 is 0 Å². The van der Waals surface area contributed by atoms with Gasteiger partial charge in [0.15, 0.2) is 0 Å². The van der Waals surface area contributed by atoms with Gasteiger partial charge in [0.2, 0.25) is 0 Å². The van der Waals surface area contributed by atoms with Gasteiger partial charge in [0.1, 0.15) is 0 Å². The number of hydrogen-bond acceptors (Lipinski definition) is 2. The van der Waals surface area contributed by atoms with E-state index in [2.05, 4.69) is 10.6 Å². The molecule has 0 bridgehead atoms. The topological polar surface area (TPSA) is 41.1 Å². The third kappa shape index (κ3) is 3.12. The van der Waals surface area contributed by atoms with Crippen LogP contribution in [0.5, 0.6) is 0 Å². The molecule has 1 aromatic rings. The lowest BCUT2D eigenvalue weighted by Crippen LogP contribution is -2.45. The number of rotatable bonds is 2. The van der Waals surface area contributed by atoms with Crippen molar-refractivity contribution in [1.29, 1.82) is 0 Å². The first kappa shape index (κ1) is 12.7. The fraction of sp³-hybridized carbons (Fsp3) is 0.417. The van der Waals surface area contributed by atoms with E-state index >= 15 is 0 Å². The van der Waals surface area contributed by atoms with Gasteiger partial charge in [0.05, 0.1) is 15.6 Å². The van der Waals surface area contributed by atoms with E-state index in [0.717, 1.165) is 25.9 Å². The maximum atomic E-state index is 12.0. The monoisotopic (exact) mass is 272 g/mol. The number of hydrogen-bond donors (Lipinski definition) is 2. The van der Waals surface area contributed by atoms with Crippen LogP contribution in [0.3, 0.4) is 0 Å². The van der Waals surface area contributed by atoms with Crippen molar-refractivity contribution in [3.8, 4) is 0 Å². The number of carbonyl (C=O) groups excluding carboxylic acids is 1. The smallest absolute Gasteiger partial charge is 0.254 e. The Bertz CT molecular complexity index is 397. The number of halogens is 2. The first-order chi connectivity index (χ1) is 8.18. The lowest BCUT2D eigenvalue weighted by Gasteiger charge is -2.24. The molecule has 0 aliphatic carbocycles. The number of amides is 1. The molecule has 1 amide bonds. The highest BCUT2D eigenvalue weighted by molar-refractivity contribution is 6.39. The van der Waals surface area contributed by atoms with E-state index in [9.17, 15) is 4.79 Å². The van der Waals surface area contributed by atoms with E-state index in [1.165, 1.54) is 0 Å². The minimum absolute atomic E-state index is 0.156. The van der Waals surface area contributed by atoms with Crippen molar-refractivity contribution in [2.75, 3.05) is 13.1 Å². The first-order valence-electron chi connectivity index (χ1n) is 5.64. The van der Waals surface area contributed by atoms with Crippen molar-refractivity contribution < 1.29 is 4.79 Å². The average Bonchev–Trinajstić information content (AvgIpc) is 2.30. The lowest BCUT2D eigenvalue weighted by atomic mass is 10.1. The summed E-state index contributed by atoms with van der Waals surface area (Å²) >= 11 is 12.0. The second-order valence-corrected chi connectivity index (χ2v) is 4.93. The van der Waals surface area contributed by atoms with Crippen molar-refractivity contribution in [2.45, 2.75) is 18.9 Å². The van der Waals surface area contributed by atoms with Crippen LogP contribution in [0.2, 0.25) is 10.0 Å². The van der Waals surface area contributed by atoms with Crippen molar-refractivity contribution in [2.24, 2.45) is 0 Å². The molecule has 5 heteroatoms. The fourth-order valence-electron chi connectivity index (χ4n) is 1.95. The van der Waals surface area contributed by atoms with Gasteiger partial charge in [-0.15, -0.1) is 0 Å². The van der Waals surface area contributed by atoms with Crippen molar-refractivity contribution in [3.63, 3.8) is 0 Å². The number of carbonyl (C=O) groups is 1. The largest absolute Gasteiger partial charge is 0.348 e. The highest BCUT2D eigenvalue weighted by atomic mass is 35.5. The molecule has 1 saturated heterocycles. The maximum Gasteiger partial charge on any atom is 0.254 e. The van der Waals surface area contributed by atoms with Gasteiger partial charge in [-0.2, -0.15) is 0 Å². The molecule has 1 heterocycles. The van der Waals surface area contributed by atoms with Gasteiger partial charge in [-0.05, 0) is 31.5 Å². The Morgan fingerprint density at radius 2 is 2.06 bits per heavy atom. The minimum Gasteiger partial charge on any atom is -0.348 e. The normalized spacial score (nSPS) is 20.0. The maximum absolute atomic E-state index is 12.0. The van der Waals surface area contributed by atoms with Crippen LogP contribution in [0.15, 0.2) is 18.2 Å². The Kier molecular flexibility index (Phi) is 4.26. The average molecular weight is 273 g/mol. The van der Waals surface area contributed by atoms with E-state index in [1.807, 2.05) is 0 Å². The van der Waals surface area contributed by atoms with Crippen LogP contribution in [0.1, 0.15) is 23.2 Å². The summed E-state index contributed by atoms with van der Waals surface area (Å²) in [4.78, 5) is 12.0. The summed E-state index contributed by atoms with van der Waals surface area (Å²) in [5.41, 5.74) is 0.362. The molecule has 0 radical (unpaired) electrons. The second kappa shape index (κ2) is 5.71. The summed E-state index contributed by atoms with van der Waals surface area (Å²) in [6.45, 7) is 1.81. The zero-order chi connectivity index (χ0) is 12.3. The molecular formula is C12H14Cl2N2O. The Morgan fingerprint density at radius 1 is 1.35 bits per heavy atom. The molecule has 1 aliphatic heterocycles. The van der Waals surface area contributed by atoms with Gasteiger partial charge in [-0.3, -0.25) is 4.79 Å². The van der Waals surface area contributed by atoms with Crippen molar-refractivity contribution >= 4 is 29.1 Å². The summed E-state index contributed by atoms with van der Waals surface area (Å²) < 4.78 is 0. The molecule has 1 unspecified atom stereocenters. The van der Waals surface area contributed by atoms with Gasteiger partial charge in [-0.1, -0.05) is 29.3 Å². The van der Waals surface area contributed by atoms with Crippen molar-refractivity contribution in [1.82, 2.24) is 10.6 Å². The van der Waals surface area contributed by atoms with E-state index in [0.29, 0.717) is 15.6 Å². The lowest BCUT2D eigenvalue weighted by molar-refractivity contribution is 0.0931. The number of piperidine rings is 1. The molecule has 0 spiro atoms. The zero-order valence-electron chi connectivity index (χ0n) is 9.30. The summed E-state index contributed by atoms with van der Waals surface area (Å²) in [6, 6.07) is 5.22. The molecule has 0 saturated carbocycles. The Hall–Kier alpha value is -0.770. The van der Waals surface area contributed by atoms with Crippen LogP contribution < -0.4 is 10.6 Å². The van der Waals surface area contributed by atoms with Crippen LogP contribution in [0.25, 0.3) is 0 Å². The predicted octanol–water partition coefficient (Wildman–Crippen LogP) is 2.48. The zero-order valence-corrected chi connectivity index (χ0v) is 10.8. The number of nitrogens with one attached hydrogen (secondary N) is 2. The van der Waals surface area contributed by atoms with Gasteiger partial charge >= 0.3 is 0 Å². The fourth-order valence-corrected chi connectivity index (χ4v) is 2.52. The molecule has 3 nitrogen and oxygen atoms in total. The molecule has 92 valence electrons. The minimum atomic E-state index is -0.200. The molecule has 2 N–H and O–H groups in total. The third-order valence-electron chi connectivity index (χ3n) is 2.82. The standard InChI is InChI=1S/C12H14Cl2N2O/c13-9-4-1-5-10(14)11(9)12(17)16-8-3-2-6-15-7-8/h1,4-5,8,15H,2-3,6-7H2,(H,16,17). The molecule has 1 fully saturated rings. The summed E-state index contributed by atoms with van der Waals surface area (Å²) in [6.07, 6.45) is 2.06.